The highest BCUT2D eigenvalue weighted by Crippen LogP contribution is 2.60. The first-order chi connectivity index (χ1) is 13.4. The van der Waals surface area contributed by atoms with E-state index in [9.17, 15) is 20.1 Å². The molecule has 3 aliphatic carbocycles. The maximum atomic E-state index is 12.1. The number of likely N-dealkylation sites (tertiary alicyclic amines) is 1. The third-order valence-corrected chi connectivity index (χ3v) is 8.34. The van der Waals surface area contributed by atoms with Crippen LogP contribution < -0.4 is 0 Å². The smallest absolute Gasteiger partial charge is 0.163 e. The maximum absolute atomic E-state index is 12.1. The molecule has 0 amide bonds. The lowest BCUT2D eigenvalue weighted by Crippen LogP contribution is -2.73. The fourth-order valence-electron chi connectivity index (χ4n) is 6.70. The van der Waals surface area contributed by atoms with Crippen molar-refractivity contribution in [3.05, 3.63) is 28.8 Å². The summed E-state index contributed by atoms with van der Waals surface area (Å²) in [5.74, 6) is 0.602. The topological polar surface area (TPSA) is 81.0 Å². The molecule has 4 aliphatic rings. The van der Waals surface area contributed by atoms with Gasteiger partial charge in [0.15, 0.2) is 5.78 Å². The number of rotatable bonds is 3. The van der Waals surface area contributed by atoms with Crippen molar-refractivity contribution in [1.82, 2.24) is 4.90 Å². The van der Waals surface area contributed by atoms with Crippen molar-refractivity contribution in [3.8, 4) is 5.75 Å². The van der Waals surface area contributed by atoms with Crippen LogP contribution in [0.15, 0.2) is 12.1 Å². The van der Waals surface area contributed by atoms with Gasteiger partial charge < -0.3 is 15.3 Å². The van der Waals surface area contributed by atoms with Crippen LogP contribution in [-0.2, 0) is 11.8 Å². The second kappa shape index (κ2) is 6.28. The normalized spacial score (nSPS) is 37.7. The number of hydrogen-bond donors (Lipinski definition) is 3. The van der Waals surface area contributed by atoms with E-state index in [4.69, 9.17) is 0 Å². The van der Waals surface area contributed by atoms with E-state index in [-0.39, 0.29) is 17.6 Å². The fraction of sp³-hybridized carbons (Fsp3) is 0.696. The van der Waals surface area contributed by atoms with Crippen molar-refractivity contribution in [1.29, 1.82) is 0 Å². The van der Waals surface area contributed by atoms with Gasteiger partial charge in [-0.05, 0) is 76.0 Å². The van der Waals surface area contributed by atoms with Gasteiger partial charge in [0.25, 0.3) is 0 Å². The van der Waals surface area contributed by atoms with Crippen LogP contribution in [0.4, 0.5) is 0 Å². The van der Waals surface area contributed by atoms with Crippen molar-refractivity contribution in [2.75, 3.05) is 13.1 Å². The van der Waals surface area contributed by atoms with Crippen LogP contribution in [0.2, 0.25) is 0 Å². The number of piperidine rings is 1. The number of carbonyl (C=O) groups is 1. The molecule has 2 bridgehead atoms. The molecule has 1 aliphatic heterocycles. The van der Waals surface area contributed by atoms with Gasteiger partial charge in [-0.3, -0.25) is 9.69 Å². The van der Waals surface area contributed by atoms with Crippen LogP contribution in [0.3, 0.4) is 0 Å². The van der Waals surface area contributed by atoms with E-state index in [0.717, 1.165) is 30.1 Å². The van der Waals surface area contributed by atoms with E-state index >= 15 is 0 Å². The average Bonchev–Trinajstić information content (AvgIpc) is 2.59. The lowest BCUT2D eigenvalue weighted by atomic mass is 9.48. The minimum absolute atomic E-state index is 0.0180. The molecular formula is C23H31NO4. The van der Waals surface area contributed by atoms with E-state index in [1.54, 1.807) is 6.07 Å². The Morgan fingerprint density at radius 3 is 2.71 bits per heavy atom. The molecule has 1 heterocycles. The molecule has 0 radical (unpaired) electrons. The Kier molecular flexibility index (Phi) is 4.17. The molecule has 5 rings (SSSR count). The standard InChI is InChI=1S/C23H31NO4/c1-14(25)18-6-5-16-11-19-23(28)8-7-17(26)12-22(23,20(16)21(18)27)9-10-24(19)13-15-3-2-4-15/h5-6,15,17,19,26-28H,2-4,7-13H2,1H3/t17-,19-,22-,23-/m1/s1. The predicted molar refractivity (Wildman–Crippen MR) is 106 cm³/mol. The largest absolute Gasteiger partial charge is 0.507 e. The third-order valence-electron chi connectivity index (χ3n) is 8.34. The molecular weight excluding hydrogens is 354 g/mol. The monoisotopic (exact) mass is 385 g/mol. The molecule has 4 atom stereocenters. The van der Waals surface area contributed by atoms with Gasteiger partial charge in [-0.1, -0.05) is 12.5 Å². The zero-order valence-electron chi connectivity index (χ0n) is 16.7. The number of phenols is 1. The van der Waals surface area contributed by atoms with Gasteiger partial charge in [-0.2, -0.15) is 0 Å². The van der Waals surface area contributed by atoms with Gasteiger partial charge in [0.2, 0.25) is 0 Å². The Labute approximate surface area is 166 Å². The predicted octanol–water partition coefficient (Wildman–Crippen LogP) is 2.54. The van der Waals surface area contributed by atoms with Crippen LogP contribution in [0, 0.1) is 5.92 Å². The van der Waals surface area contributed by atoms with E-state index in [0.29, 0.717) is 37.7 Å². The number of aliphatic hydroxyl groups excluding tert-OH is 1. The molecule has 0 spiro atoms. The number of carbonyl (C=O) groups excluding carboxylic acids is 1. The van der Waals surface area contributed by atoms with Crippen LogP contribution in [-0.4, -0.2) is 56.8 Å². The number of ketones is 1. The maximum Gasteiger partial charge on any atom is 0.163 e. The van der Waals surface area contributed by atoms with Crippen molar-refractivity contribution < 1.29 is 20.1 Å². The highest BCUT2D eigenvalue weighted by molar-refractivity contribution is 5.97. The molecule has 0 aromatic heterocycles. The molecule has 152 valence electrons. The van der Waals surface area contributed by atoms with Gasteiger partial charge in [-0.25, -0.2) is 0 Å². The molecule has 5 nitrogen and oxygen atoms in total. The van der Waals surface area contributed by atoms with Gasteiger partial charge in [0, 0.05) is 23.6 Å². The second-order valence-corrected chi connectivity index (χ2v) is 9.72. The van der Waals surface area contributed by atoms with E-state index in [1.807, 2.05) is 6.07 Å². The number of aliphatic hydroxyl groups is 2. The van der Waals surface area contributed by atoms with Crippen LogP contribution in [0.5, 0.6) is 5.75 Å². The molecule has 0 unspecified atom stereocenters. The van der Waals surface area contributed by atoms with Crippen LogP contribution in [0.1, 0.15) is 73.4 Å². The molecule has 1 aromatic rings. The number of phenolic OH excluding ortho intramolecular Hbond substituents is 1. The summed E-state index contributed by atoms with van der Waals surface area (Å²) in [6, 6.07) is 3.71. The van der Waals surface area contributed by atoms with Crippen molar-refractivity contribution >= 4 is 5.78 Å². The molecule has 1 aromatic carbocycles. The second-order valence-electron chi connectivity index (χ2n) is 9.72. The van der Waals surface area contributed by atoms with E-state index in [2.05, 4.69) is 4.90 Å². The summed E-state index contributed by atoms with van der Waals surface area (Å²) < 4.78 is 0. The van der Waals surface area contributed by atoms with Crippen LogP contribution in [0.25, 0.3) is 0 Å². The first-order valence-corrected chi connectivity index (χ1v) is 10.9. The Bertz CT molecular complexity index is 819. The SMILES string of the molecule is CC(=O)c1ccc2c(c1O)[C@]13CCN(CC4CCC4)[C@H](C2)[C@]1(O)CC[C@@H](O)C3. The zero-order chi connectivity index (χ0) is 19.7. The summed E-state index contributed by atoms with van der Waals surface area (Å²) in [6.45, 7) is 3.38. The first-order valence-electron chi connectivity index (χ1n) is 10.9. The third kappa shape index (κ3) is 2.39. The number of nitrogens with zero attached hydrogens (tertiary/aromatic N) is 1. The molecule has 28 heavy (non-hydrogen) atoms. The Hall–Kier alpha value is -1.43. The van der Waals surface area contributed by atoms with Gasteiger partial charge in [-0.15, -0.1) is 0 Å². The minimum Gasteiger partial charge on any atom is -0.507 e. The van der Waals surface area contributed by atoms with Crippen LogP contribution >= 0.6 is 0 Å². The number of Topliss-reactive ketones (excluding diaryl/α,β-unsaturated/α-hetero) is 1. The first kappa shape index (κ1) is 18.6. The Morgan fingerprint density at radius 1 is 1.25 bits per heavy atom. The number of hydrogen-bond acceptors (Lipinski definition) is 5. The van der Waals surface area contributed by atoms with E-state index < -0.39 is 17.1 Å². The lowest BCUT2D eigenvalue weighted by Gasteiger charge is -2.64. The number of benzene rings is 1. The fourth-order valence-corrected chi connectivity index (χ4v) is 6.70. The molecule has 3 N–H and O–H groups in total. The lowest BCUT2D eigenvalue weighted by molar-refractivity contribution is -0.185. The highest BCUT2D eigenvalue weighted by atomic mass is 16.3. The van der Waals surface area contributed by atoms with Gasteiger partial charge in [0.1, 0.15) is 5.75 Å². The molecule has 2 saturated carbocycles. The zero-order valence-corrected chi connectivity index (χ0v) is 16.7. The summed E-state index contributed by atoms with van der Waals surface area (Å²) in [4.78, 5) is 14.5. The summed E-state index contributed by atoms with van der Waals surface area (Å²) >= 11 is 0. The van der Waals surface area contributed by atoms with E-state index in [1.165, 1.54) is 26.2 Å². The van der Waals surface area contributed by atoms with Gasteiger partial charge in [0.05, 0.1) is 17.3 Å². The number of aromatic hydroxyl groups is 1. The Morgan fingerprint density at radius 2 is 2.04 bits per heavy atom. The summed E-state index contributed by atoms with van der Waals surface area (Å²) in [5, 5.41) is 33.7. The molecule has 1 saturated heterocycles. The summed E-state index contributed by atoms with van der Waals surface area (Å²) in [5.41, 5.74) is 0.458. The molecule has 3 fully saturated rings. The molecule has 5 heteroatoms. The van der Waals surface area contributed by atoms with Crippen molar-refractivity contribution in [2.24, 2.45) is 5.92 Å². The van der Waals surface area contributed by atoms with Gasteiger partial charge >= 0.3 is 0 Å². The summed E-state index contributed by atoms with van der Waals surface area (Å²) in [6.07, 6.45) is 6.40. The minimum atomic E-state index is -0.964. The van der Waals surface area contributed by atoms with Crippen molar-refractivity contribution in [2.45, 2.75) is 81.5 Å². The highest BCUT2D eigenvalue weighted by Gasteiger charge is 2.65. The quantitative estimate of drug-likeness (QED) is 0.697. The summed E-state index contributed by atoms with van der Waals surface area (Å²) in [7, 11) is 0. The Balaban J connectivity index is 1.65. The van der Waals surface area contributed by atoms with Crippen molar-refractivity contribution in [3.63, 3.8) is 0 Å². The average molecular weight is 386 g/mol. The number of fused-ring (bicyclic) bond motifs is 1.